The lowest BCUT2D eigenvalue weighted by atomic mass is 10.1. The molecular weight excluding hydrogens is 291 g/mol. The number of carbonyl (C=O) groups excluding carboxylic acids is 1. The summed E-state index contributed by atoms with van der Waals surface area (Å²) in [4.78, 5) is 12.0. The maximum atomic E-state index is 13.1. The van der Waals surface area contributed by atoms with E-state index in [0.29, 0.717) is 10.7 Å². The highest BCUT2D eigenvalue weighted by Crippen LogP contribution is 2.19. The second kappa shape index (κ2) is 7.09. The summed E-state index contributed by atoms with van der Waals surface area (Å²) < 4.78 is 13.1. The predicted octanol–water partition coefficient (Wildman–Crippen LogP) is 4.75. The van der Waals surface area contributed by atoms with E-state index in [1.165, 1.54) is 12.1 Å². The number of carbonyl (C=O) groups is 1. The van der Waals surface area contributed by atoms with E-state index in [2.05, 4.69) is 10.6 Å². The number of urea groups is 1. The normalized spacial score (nSPS) is 11.8. The van der Waals surface area contributed by atoms with Crippen molar-refractivity contribution in [3.63, 3.8) is 0 Å². The number of anilines is 1. The Hall–Kier alpha value is -2.07. The second-order valence-electron chi connectivity index (χ2n) is 4.62. The molecule has 2 aromatic rings. The van der Waals surface area contributed by atoms with E-state index in [-0.39, 0.29) is 12.1 Å². The van der Waals surface area contributed by atoms with Crippen LogP contribution in [0.5, 0.6) is 0 Å². The predicted molar refractivity (Wildman–Crippen MR) is 83.0 cm³/mol. The molecule has 2 aromatic carbocycles. The van der Waals surface area contributed by atoms with Crippen molar-refractivity contribution in [3.8, 4) is 0 Å². The number of hydrogen-bond acceptors (Lipinski definition) is 1. The van der Waals surface area contributed by atoms with Crippen molar-refractivity contribution in [2.75, 3.05) is 5.32 Å². The van der Waals surface area contributed by atoms with Gasteiger partial charge in [-0.15, -0.1) is 0 Å². The molecule has 0 fully saturated rings. The van der Waals surface area contributed by atoms with Gasteiger partial charge in [0.1, 0.15) is 5.82 Å². The van der Waals surface area contributed by atoms with E-state index in [9.17, 15) is 9.18 Å². The van der Waals surface area contributed by atoms with Crippen LogP contribution in [0.1, 0.15) is 24.9 Å². The Labute approximate surface area is 128 Å². The zero-order valence-corrected chi connectivity index (χ0v) is 12.3. The van der Waals surface area contributed by atoms with E-state index in [1.807, 2.05) is 19.1 Å². The Bertz CT molecular complexity index is 616. The van der Waals surface area contributed by atoms with Gasteiger partial charge in [-0.25, -0.2) is 9.18 Å². The summed E-state index contributed by atoms with van der Waals surface area (Å²) in [7, 11) is 0. The summed E-state index contributed by atoms with van der Waals surface area (Å²) in [5, 5.41) is 6.12. The van der Waals surface area contributed by atoms with Gasteiger partial charge in [0.25, 0.3) is 0 Å². The number of rotatable bonds is 4. The lowest BCUT2D eigenvalue weighted by Crippen LogP contribution is -2.32. The van der Waals surface area contributed by atoms with Gasteiger partial charge in [0.15, 0.2) is 0 Å². The van der Waals surface area contributed by atoms with E-state index >= 15 is 0 Å². The molecule has 0 aliphatic carbocycles. The third-order valence-electron chi connectivity index (χ3n) is 3.07. The van der Waals surface area contributed by atoms with Crippen LogP contribution in [0.4, 0.5) is 14.9 Å². The van der Waals surface area contributed by atoms with Gasteiger partial charge in [-0.05, 0) is 42.3 Å². The Morgan fingerprint density at radius 3 is 2.57 bits per heavy atom. The first-order chi connectivity index (χ1) is 10.1. The number of hydrogen-bond donors (Lipinski definition) is 2. The van der Waals surface area contributed by atoms with Crippen molar-refractivity contribution >= 4 is 23.3 Å². The van der Waals surface area contributed by atoms with Crippen LogP contribution in [0.15, 0.2) is 48.5 Å². The smallest absolute Gasteiger partial charge is 0.319 e. The SMILES string of the molecule is CCC(NC(=O)Nc1cccc(F)c1)c1ccc(Cl)cc1. The van der Waals surface area contributed by atoms with Crippen LogP contribution in [-0.2, 0) is 0 Å². The monoisotopic (exact) mass is 306 g/mol. The lowest BCUT2D eigenvalue weighted by molar-refractivity contribution is 0.248. The van der Waals surface area contributed by atoms with Gasteiger partial charge in [-0.1, -0.05) is 36.7 Å². The molecule has 0 spiro atoms. The zero-order valence-electron chi connectivity index (χ0n) is 11.6. The molecule has 0 aliphatic heterocycles. The molecule has 2 rings (SSSR count). The van der Waals surface area contributed by atoms with Gasteiger partial charge in [0, 0.05) is 10.7 Å². The van der Waals surface area contributed by atoms with Gasteiger partial charge in [0.05, 0.1) is 6.04 Å². The molecule has 110 valence electrons. The Kier molecular flexibility index (Phi) is 5.17. The molecule has 0 bridgehead atoms. The molecule has 21 heavy (non-hydrogen) atoms. The second-order valence-corrected chi connectivity index (χ2v) is 5.06. The molecule has 0 heterocycles. The minimum Gasteiger partial charge on any atom is -0.331 e. The maximum Gasteiger partial charge on any atom is 0.319 e. The summed E-state index contributed by atoms with van der Waals surface area (Å²) in [6, 6.07) is 12.6. The van der Waals surface area contributed by atoms with Crippen LogP contribution in [0, 0.1) is 5.82 Å². The van der Waals surface area contributed by atoms with Gasteiger partial charge in [-0.2, -0.15) is 0 Å². The fourth-order valence-corrected chi connectivity index (χ4v) is 2.13. The number of nitrogens with one attached hydrogen (secondary N) is 2. The fourth-order valence-electron chi connectivity index (χ4n) is 2.01. The maximum absolute atomic E-state index is 13.1. The third kappa shape index (κ3) is 4.46. The highest BCUT2D eigenvalue weighted by atomic mass is 35.5. The third-order valence-corrected chi connectivity index (χ3v) is 3.32. The highest BCUT2D eigenvalue weighted by Gasteiger charge is 2.12. The van der Waals surface area contributed by atoms with Gasteiger partial charge in [0.2, 0.25) is 0 Å². The van der Waals surface area contributed by atoms with Gasteiger partial charge in [-0.3, -0.25) is 0 Å². The molecule has 0 saturated carbocycles. The number of benzene rings is 2. The molecule has 3 nitrogen and oxygen atoms in total. The summed E-state index contributed by atoms with van der Waals surface area (Å²) >= 11 is 5.85. The van der Waals surface area contributed by atoms with Crippen molar-refractivity contribution in [3.05, 3.63) is 64.9 Å². The molecule has 2 N–H and O–H groups in total. The van der Waals surface area contributed by atoms with Crippen molar-refractivity contribution in [1.82, 2.24) is 5.32 Å². The first-order valence-corrected chi connectivity index (χ1v) is 7.05. The molecule has 0 radical (unpaired) electrons. The number of halogens is 2. The topological polar surface area (TPSA) is 41.1 Å². The fraction of sp³-hybridized carbons (Fsp3) is 0.188. The minimum atomic E-state index is -0.391. The van der Waals surface area contributed by atoms with Crippen LogP contribution < -0.4 is 10.6 Å². The molecule has 2 amide bonds. The summed E-state index contributed by atoms with van der Waals surface area (Å²) in [5.74, 6) is -0.391. The van der Waals surface area contributed by atoms with Gasteiger partial charge >= 0.3 is 6.03 Å². The largest absolute Gasteiger partial charge is 0.331 e. The number of amides is 2. The minimum absolute atomic E-state index is 0.129. The summed E-state index contributed by atoms with van der Waals surface area (Å²) in [5.41, 5.74) is 1.38. The standard InChI is InChI=1S/C16H16ClFN2O/c1-2-15(11-6-8-12(17)9-7-11)20-16(21)19-14-5-3-4-13(18)10-14/h3-10,15H,2H2,1H3,(H2,19,20,21). The average molecular weight is 307 g/mol. The Morgan fingerprint density at radius 1 is 1.24 bits per heavy atom. The van der Waals surface area contributed by atoms with Crippen molar-refractivity contribution in [2.24, 2.45) is 0 Å². The van der Waals surface area contributed by atoms with Crippen LogP contribution in [0.25, 0.3) is 0 Å². The van der Waals surface area contributed by atoms with Crippen molar-refractivity contribution in [2.45, 2.75) is 19.4 Å². The first kappa shape index (κ1) is 15.3. The quantitative estimate of drug-likeness (QED) is 0.840. The van der Waals surface area contributed by atoms with Crippen LogP contribution in [0.2, 0.25) is 5.02 Å². The summed E-state index contributed by atoms with van der Waals surface area (Å²) in [6.07, 6.45) is 0.734. The van der Waals surface area contributed by atoms with Gasteiger partial charge < -0.3 is 10.6 Å². The molecule has 0 saturated heterocycles. The molecule has 0 aromatic heterocycles. The van der Waals surface area contributed by atoms with Crippen LogP contribution in [-0.4, -0.2) is 6.03 Å². The Morgan fingerprint density at radius 2 is 1.95 bits per heavy atom. The Balaban J connectivity index is 2.01. The van der Waals surface area contributed by atoms with E-state index in [1.54, 1.807) is 24.3 Å². The first-order valence-electron chi connectivity index (χ1n) is 6.67. The highest BCUT2D eigenvalue weighted by molar-refractivity contribution is 6.30. The average Bonchev–Trinajstić information content (AvgIpc) is 2.46. The molecule has 1 unspecified atom stereocenters. The van der Waals surface area contributed by atoms with E-state index in [4.69, 9.17) is 11.6 Å². The van der Waals surface area contributed by atoms with E-state index < -0.39 is 5.82 Å². The van der Waals surface area contributed by atoms with E-state index in [0.717, 1.165) is 12.0 Å². The zero-order chi connectivity index (χ0) is 15.2. The molecule has 0 aliphatic rings. The van der Waals surface area contributed by atoms with Crippen molar-refractivity contribution < 1.29 is 9.18 Å². The van der Waals surface area contributed by atoms with Crippen molar-refractivity contribution in [1.29, 1.82) is 0 Å². The lowest BCUT2D eigenvalue weighted by Gasteiger charge is -2.18. The molecule has 1 atom stereocenters. The molecular formula is C16H16ClFN2O. The summed E-state index contributed by atoms with van der Waals surface area (Å²) in [6.45, 7) is 1.97. The van der Waals surface area contributed by atoms with Crippen LogP contribution in [0.3, 0.4) is 0 Å². The van der Waals surface area contributed by atoms with Crippen LogP contribution >= 0.6 is 11.6 Å². The molecule has 5 heteroatoms.